The zero-order chi connectivity index (χ0) is 11.2. The Morgan fingerprint density at radius 1 is 1.40 bits per heavy atom. The van der Waals surface area contributed by atoms with Gasteiger partial charge in [0.25, 0.3) is 0 Å². The smallest absolute Gasteiger partial charge is 0.338 e. The molecule has 0 spiro atoms. The van der Waals surface area contributed by atoms with E-state index in [4.69, 9.17) is 5.11 Å². The van der Waals surface area contributed by atoms with E-state index in [9.17, 15) is 13.6 Å². The molecule has 0 aliphatic rings. The van der Waals surface area contributed by atoms with Gasteiger partial charge in [-0.15, -0.1) is 0 Å². The summed E-state index contributed by atoms with van der Waals surface area (Å²) in [6, 6.07) is 1.74. The second-order valence-electron chi connectivity index (χ2n) is 3.24. The van der Waals surface area contributed by atoms with Gasteiger partial charge in [0.05, 0.1) is 16.5 Å². The SMILES string of the molecule is Cc1[nH]c2cc(F)cc(F)c2c1C(=O)O. The van der Waals surface area contributed by atoms with E-state index >= 15 is 0 Å². The van der Waals surface area contributed by atoms with Gasteiger partial charge < -0.3 is 10.1 Å². The number of halogens is 2. The van der Waals surface area contributed by atoms with Crippen molar-refractivity contribution in [2.45, 2.75) is 6.92 Å². The normalized spacial score (nSPS) is 10.9. The number of aromatic amines is 1. The predicted molar refractivity (Wildman–Crippen MR) is 49.9 cm³/mol. The molecule has 2 N–H and O–H groups in total. The van der Waals surface area contributed by atoms with E-state index in [1.807, 2.05) is 0 Å². The molecule has 0 aliphatic heterocycles. The highest BCUT2D eigenvalue weighted by molar-refractivity contribution is 6.04. The van der Waals surface area contributed by atoms with Crippen LogP contribution in [0.25, 0.3) is 10.9 Å². The molecule has 15 heavy (non-hydrogen) atoms. The summed E-state index contributed by atoms with van der Waals surface area (Å²) in [4.78, 5) is 13.5. The highest BCUT2D eigenvalue weighted by atomic mass is 19.1. The Bertz CT molecular complexity index is 560. The Morgan fingerprint density at radius 3 is 2.67 bits per heavy atom. The standard InChI is InChI=1S/C10H7F2NO2/c1-4-8(10(14)15)9-6(12)2-5(11)3-7(9)13-4/h2-3,13H,1H3,(H,14,15). The van der Waals surface area contributed by atoms with Crippen LogP contribution in [0.2, 0.25) is 0 Å². The molecule has 0 aliphatic carbocycles. The van der Waals surface area contributed by atoms with E-state index in [1.54, 1.807) is 0 Å². The molecule has 1 aromatic heterocycles. The molecule has 2 aromatic rings. The van der Waals surface area contributed by atoms with Crippen LogP contribution in [-0.2, 0) is 0 Å². The lowest BCUT2D eigenvalue weighted by atomic mass is 10.1. The minimum absolute atomic E-state index is 0.0820. The van der Waals surface area contributed by atoms with Crippen LogP contribution in [0, 0.1) is 18.6 Å². The Hall–Kier alpha value is -1.91. The first kappa shape index (κ1) is 9.64. The minimum atomic E-state index is -1.23. The van der Waals surface area contributed by atoms with Gasteiger partial charge in [0.15, 0.2) is 0 Å². The molecule has 1 aromatic carbocycles. The van der Waals surface area contributed by atoms with Crippen LogP contribution in [0.5, 0.6) is 0 Å². The fourth-order valence-corrected chi connectivity index (χ4v) is 1.65. The molecular weight excluding hydrogens is 204 g/mol. The van der Waals surface area contributed by atoms with Crippen LogP contribution in [0.3, 0.4) is 0 Å². The lowest BCUT2D eigenvalue weighted by Gasteiger charge is -1.96. The van der Waals surface area contributed by atoms with Gasteiger partial charge >= 0.3 is 5.97 Å². The molecule has 0 amide bonds. The maximum Gasteiger partial charge on any atom is 0.338 e. The fourth-order valence-electron chi connectivity index (χ4n) is 1.65. The maximum absolute atomic E-state index is 13.4. The van der Waals surface area contributed by atoms with Gasteiger partial charge in [0.1, 0.15) is 11.6 Å². The minimum Gasteiger partial charge on any atom is -0.478 e. The number of aromatic carboxylic acids is 1. The molecule has 0 fully saturated rings. The number of carbonyl (C=O) groups is 1. The first-order valence-electron chi connectivity index (χ1n) is 4.21. The summed E-state index contributed by atoms with van der Waals surface area (Å²) in [7, 11) is 0. The van der Waals surface area contributed by atoms with Gasteiger partial charge in [-0.25, -0.2) is 13.6 Å². The van der Waals surface area contributed by atoms with Crippen molar-refractivity contribution >= 4 is 16.9 Å². The van der Waals surface area contributed by atoms with Crippen molar-refractivity contribution in [3.63, 3.8) is 0 Å². The van der Waals surface area contributed by atoms with Gasteiger partial charge in [-0.1, -0.05) is 0 Å². The summed E-state index contributed by atoms with van der Waals surface area (Å²) in [5, 5.41) is 8.78. The van der Waals surface area contributed by atoms with Crippen LogP contribution in [0.15, 0.2) is 12.1 Å². The van der Waals surface area contributed by atoms with Crippen LogP contribution >= 0.6 is 0 Å². The van der Waals surface area contributed by atoms with E-state index in [1.165, 1.54) is 6.92 Å². The molecule has 2 rings (SSSR count). The van der Waals surface area contributed by atoms with E-state index in [-0.39, 0.29) is 16.5 Å². The number of rotatable bonds is 1. The summed E-state index contributed by atoms with van der Waals surface area (Å²) in [5.41, 5.74) is 0.312. The zero-order valence-electron chi connectivity index (χ0n) is 7.77. The van der Waals surface area contributed by atoms with Gasteiger partial charge in [-0.2, -0.15) is 0 Å². The Balaban J connectivity index is 2.93. The maximum atomic E-state index is 13.4. The topological polar surface area (TPSA) is 53.1 Å². The Morgan fingerprint density at radius 2 is 2.07 bits per heavy atom. The van der Waals surface area contributed by atoms with Gasteiger partial charge in [-0.05, 0) is 13.0 Å². The van der Waals surface area contributed by atoms with Crippen LogP contribution in [-0.4, -0.2) is 16.1 Å². The first-order chi connectivity index (χ1) is 7.00. The first-order valence-corrected chi connectivity index (χ1v) is 4.21. The highest BCUT2D eigenvalue weighted by Gasteiger charge is 2.18. The number of hydrogen-bond donors (Lipinski definition) is 2. The quantitative estimate of drug-likeness (QED) is 0.761. The number of aromatic nitrogens is 1. The number of fused-ring (bicyclic) bond motifs is 1. The number of H-pyrrole nitrogens is 1. The molecule has 78 valence electrons. The van der Waals surface area contributed by atoms with Gasteiger partial charge in [0, 0.05) is 11.8 Å². The third kappa shape index (κ3) is 1.36. The average Bonchev–Trinajstić information content (AvgIpc) is 2.40. The van der Waals surface area contributed by atoms with Crippen molar-refractivity contribution in [3.05, 3.63) is 35.0 Å². The Kier molecular flexibility index (Phi) is 1.96. The molecular formula is C10H7F2NO2. The average molecular weight is 211 g/mol. The zero-order valence-corrected chi connectivity index (χ0v) is 7.77. The Labute approximate surface area is 83.3 Å². The summed E-state index contributed by atoms with van der Waals surface area (Å²) in [6.07, 6.45) is 0. The van der Waals surface area contributed by atoms with Crippen LogP contribution < -0.4 is 0 Å². The molecule has 0 saturated carbocycles. The van der Waals surface area contributed by atoms with Crippen LogP contribution in [0.1, 0.15) is 16.1 Å². The van der Waals surface area contributed by atoms with Gasteiger partial charge in [-0.3, -0.25) is 0 Å². The van der Waals surface area contributed by atoms with E-state index < -0.39 is 17.6 Å². The second kappa shape index (κ2) is 3.05. The molecule has 0 bridgehead atoms. The largest absolute Gasteiger partial charge is 0.478 e. The molecule has 0 atom stereocenters. The van der Waals surface area contributed by atoms with Gasteiger partial charge in [0.2, 0.25) is 0 Å². The molecule has 0 radical (unpaired) electrons. The van der Waals surface area contributed by atoms with Crippen LogP contribution in [0.4, 0.5) is 8.78 Å². The predicted octanol–water partition coefficient (Wildman–Crippen LogP) is 2.45. The van der Waals surface area contributed by atoms with Crippen molar-refractivity contribution in [3.8, 4) is 0 Å². The number of carboxylic acids is 1. The van der Waals surface area contributed by atoms with Crippen molar-refractivity contribution in [1.82, 2.24) is 4.98 Å². The second-order valence-corrected chi connectivity index (χ2v) is 3.24. The number of aryl methyl sites for hydroxylation is 1. The number of benzene rings is 1. The number of carboxylic acid groups (broad SMARTS) is 1. The molecule has 1 heterocycles. The fraction of sp³-hybridized carbons (Fsp3) is 0.100. The van der Waals surface area contributed by atoms with E-state index in [0.717, 1.165) is 6.07 Å². The summed E-state index contributed by atoms with van der Waals surface area (Å²) < 4.78 is 26.2. The highest BCUT2D eigenvalue weighted by Crippen LogP contribution is 2.25. The number of hydrogen-bond acceptors (Lipinski definition) is 1. The molecule has 0 unspecified atom stereocenters. The summed E-state index contributed by atoms with van der Waals surface area (Å²) >= 11 is 0. The van der Waals surface area contributed by atoms with E-state index in [0.29, 0.717) is 11.8 Å². The van der Waals surface area contributed by atoms with E-state index in [2.05, 4.69) is 4.98 Å². The van der Waals surface area contributed by atoms with Crippen molar-refractivity contribution in [2.24, 2.45) is 0 Å². The summed E-state index contributed by atoms with van der Waals surface area (Å²) in [6.45, 7) is 1.50. The third-order valence-corrected chi connectivity index (χ3v) is 2.22. The monoisotopic (exact) mass is 211 g/mol. The van der Waals surface area contributed by atoms with Crippen molar-refractivity contribution in [2.75, 3.05) is 0 Å². The lowest BCUT2D eigenvalue weighted by molar-refractivity contribution is 0.0698. The lowest BCUT2D eigenvalue weighted by Crippen LogP contribution is -1.98. The summed E-state index contributed by atoms with van der Waals surface area (Å²) in [5.74, 6) is -2.84. The van der Waals surface area contributed by atoms with Crippen molar-refractivity contribution in [1.29, 1.82) is 0 Å². The number of nitrogens with one attached hydrogen (secondary N) is 1. The molecule has 0 saturated heterocycles. The third-order valence-electron chi connectivity index (χ3n) is 2.22. The molecule has 3 nitrogen and oxygen atoms in total. The van der Waals surface area contributed by atoms with Crippen molar-refractivity contribution < 1.29 is 18.7 Å². The molecule has 5 heteroatoms.